The van der Waals surface area contributed by atoms with Gasteiger partial charge in [-0.25, -0.2) is 12.8 Å². The minimum atomic E-state index is -3.48. The molecular formula is C5H11FO2S. The molecule has 0 N–H and O–H groups in total. The predicted molar refractivity (Wildman–Crippen MR) is 34.6 cm³/mol. The molecule has 2 nitrogen and oxygen atoms in total. The Morgan fingerprint density at radius 3 is 1.56 bits per heavy atom. The zero-order valence-electron chi connectivity index (χ0n) is 5.76. The van der Waals surface area contributed by atoms with Gasteiger partial charge in [-0.1, -0.05) is 0 Å². The maximum absolute atomic E-state index is 12.1. The summed E-state index contributed by atoms with van der Waals surface area (Å²) in [7, 11) is -3.48. The molecule has 9 heavy (non-hydrogen) atoms. The van der Waals surface area contributed by atoms with Gasteiger partial charge in [0.25, 0.3) is 0 Å². The Kier molecular flexibility index (Phi) is 2.61. The first-order valence-corrected chi connectivity index (χ1v) is 4.36. The lowest BCUT2D eigenvalue weighted by Gasteiger charge is -2.06. The first-order valence-electron chi connectivity index (χ1n) is 2.76. The third-order valence-electron chi connectivity index (χ3n) is 1.11. The van der Waals surface area contributed by atoms with Crippen LogP contribution in [0.3, 0.4) is 0 Å². The van der Waals surface area contributed by atoms with Crippen molar-refractivity contribution in [1.82, 2.24) is 0 Å². The molecule has 0 aliphatic heterocycles. The Morgan fingerprint density at radius 2 is 1.56 bits per heavy atom. The molecule has 1 atom stereocenters. The molecule has 0 bridgehead atoms. The largest absolute Gasteiger partial charge is 0.230 e. The average molecular weight is 154 g/mol. The standard InChI is InChI=1S/C5H11FO2S/c1-4(2)9(7,8)5(3)6/h4-5H,1-3H3. The molecule has 0 aromatic heterocycles. The third-order valence-corrected chi connectivity index (χ3v) is 3.33. The van der Waals surface area contributed by atoms with Crippen LogP contribution in [0, 0.1) is 0 Å². The SMILES string of the molecule is CC(C)S(=O)(=O)C(C)F. The van der Waals surface area contributed by atoms with Crippen molar-refractivity contribution >= 4 is 9.84 Å². The molecule has 0 amide bonds. The van der Waals surface area contributed by atoms with Gasteiger partial charge < -0.3 is 0 Å². The lowest BCUT2D eigenvalue weighted by Crippen LogP contribution is -2.22. The van der Waals surface area contributed by atoms with Gasteiger partial charge in [-0.05, 0) is 20.8 Å². The maximum atomic E-state index is 12.1. The van der Waals surface area contributed by atoms with E-state index in [4.69, 9.17) is 0 Å². The molecule has 0 aromatic carbocycles. The van der Waals surface area contributed by atoms with Crippen molar-refractivity contribution in [2.24, 2.45) is 0 Å². The van der Waals surface area contributed by atoms with Crippen molar-refractivity contribution in [1.29, 1.82) is 0 Å². The summed E-state index contributed by atoms with van der Waals surface area (Å²) < 4.78 is 33.5. The Hall–Kier alpha value is -0.120. The molecule has 0 rings (SSSR count). The molecular weight excluding hydrogens is 143 g/mol. The van der Waals surface area contributed by atoms with E-state index in [9.17, 15) is 12.8 Å². The van der Waals surface area contributed by atoms with E-state index in [2.05, 4.69) is 0 Å². The molecule has 0 radical (unpaired) electrons. The van der Waals surface area contributed by atoms with Gasteiger partial charge in [0.2, 0.25) is 0 Å². The second-order valence-corrected chi connectivity index (χ2v) is 4.95. The highest BCUT2D eigenvalue weighted by atomic mass is 32.2. The molecule has 0 fully saturated rings. The zero-order chi connectivity index (χ0) is 7.65. The topological polar surface area (TPSA) is 34.1 Å². The molecule has 4 heteroatoms. The van der Waals surface area contributed by atoms with Crippen molar-refractivity contribution in [3.8, 4) is 0 Å². The molecule has 0 heterocycles. The van der Waals surface area contributed by atoms with Crippen LogP contribution in [0.25, 0.3) is 0 Å². The monoisotopic (exact) mass is 154 g/mol. The van der Waals surface area contributed by atoms with Gasteiger partial charge in [0, 0.05) is 0 Å². The van der Waals surface area contributed by atoms with Crippen molar-refractivity contribution in [2.75, 3.05) is 0 Å². The number of hydrogen-bond donors (Lipinski definition) is 0. The Bertz CT molecular complexity index is 155. The molecule has 0 spiro atoms. The van der Waals surface area contributed by atoms with Crippen LogP contribution in [0.5, 0.6) is 0 Å². The Labute approximate surface area is 55.0 Å². The Morgan fingerprint density at radius 1 is 1.22 bits per heavy atom. The molecule has 0 aliphatic rings. The highest BCUT2D eigenvalue weighted by Crippen LogP contribution is 2.08. The normalized spacial score (nSPS) is 16.1. The lowest BCUT2D eigenvalue weighted by molar-refractivity contribution is 0.440. The van der Waals surface area contributed by atoms with E-state index in [1.807, 2.05) is 0 Å². The van der Waals surface area contributed by atoms with E-state index in [0.29, 0.717) is 0 Å². The van der Waals surface area contributed by atoms with E-state index in [1.165, 1.54) is 13.8 Å². The minimum absolute atomic E-state index is 0.613. The van der Waals surface area contributed by atoms with Crippen molar-refractivity contribution in [2.45, 2.75) is 31.5 Å². The second kappa shape index (κ2) is 2.64. The van der Waals surface area contributed by atoms with Gasteiger partial charge in [0.15, 0.2) is 15.3 Å². The van der Waals surface area contributed by atoms with Crippen LogP contribution < -0.4 is 0 Å². The van der Waals surface area contributed by atoms with Crippen LogP contribution in [0.15, 0.2) is 0 Å². The van der Waals surface area contributed by atoms with Crippen molar-refractivity contribution in [3.05, 3.63) is 0 Å². The quantitative estimate of drug-likeness (QED) is 0.597. The zero-order valence-corrected chi connectivity index (χ0v) is 6.57. The number of hydrogen-bond acceptors (Lipinski definition) is 2. The summed E-state index contributed by atoms with van der Waals surface area (Å²) in [5, 5.41) is -0.613. The van der Waals surface area contributed by atoms with Crippen LogP contribution in [-0.4, -0.2) is 19.2 Å². The van der Waals surface area contributed by atoms with Crippen LogP contribution in [0.4, 0.5) is 4.39 Å². The van der Waals surface area contributed by atoms with Gasteiger partial charge in [-0.15, -0.1) is 0 Å². The maximum Gasteiger partial charge on any atom is 0.198 e. The summed E-state index contributed by atoms with van der Waals surface area (Å²) in [4.78, 5) is 0. The third kappa shape index (κ3) is 1.93. The second-order valence-electron chi connectivity index (χ2n) is 2.18. The van der Waals surface area contributed by atoms with Gasteiger partial charge in [0.1, 0.15) is 0 Å². The Balaban J connectivity index is 4.42. The minimum Gasteiger partial charge on any atom is -0.230 e. The molecule has 1 unspecified atom stereocenters. The fraction of sp³-hybridized carbons (Fsp3) is 1.00. The molecule has 0 aromatic rings. The first kappa shape index (κ1) is 8.88. The number of rotatable bonds is 2. The molecule has 0 saturated heterocycles. The van der Waals surface area contributed by atoms with E-state index in [-0.39, 0.29) is 0 Å². The van der Waals surface area contributed by atoms with Crippen LogP contribution in [0.2, 0.25) is 0 Å². The lowest BCUT2D eigenvalue weighted by atomic mass is 10.6. The van der Waals surface area contributed by atoms with Gasteiger partial charge >= 0.3 is 0 Å². The molecule has 0 aliphatic carbocycles. The van der Waals surface area contributed by atoms with Gasteiger partial charge in [-0.3, -0.25) is 0 Å². The van der Waals surface area contributed by atoms with E-state index >= 15 is 0 Å². The van der Waals surface area contributed by atoms with E-state index in [0.717, 1.165) is 6.92 Å². The number of alkyl halides is 1. The first-order chi connectivity index (χ1) is 3.89. The average Bonchev–Trinajstić information content (AvgIpc) is 1.65. The molecule has 0 saturated carbocycles. The van der Waals surface area contributed by atoms with Crippen LogP contribution in [-0.2, 0) is 9.84 Å². The summed E-state index contributed by atoms with van der Waals surface area (Å²) in [5.74, 6) is 0. The highest BCUT2D eigenvalue weighted by molar-refractivity contribution is 7.92. The van der Waals surface area contributed by atoms with Gasteiger partial charge in [0.05, 0.1) is 5.25 Å². The summed E-state index contributed by atoms with van der Waals surface area (Å²) in [6.07, 6.45) is 0. The summed E-state index contributed by atoms with van der Waals surface area (Å²) in [5.41, 5.74) is -1.74. The van der Waals surface area contributed by atoms with E-state index < -0.39 is 20.6 Å². The predicted octanol–water partition coefficient (Wildman–Crippen LogP) is 1.13. The fourth-order valence-electron chi connectivity index (χ4n) is 0.375. The van der Waals surface area contributed by atoms with Crippen molar-refractivity contribution < 1.29 is 12.8 Å². The summed E-state index contributed by atoms with van der Waals surface area (Å²) >= 11 is 0. The number of sulfone groups is 1. The van der Waals surface area contributed by atoms with E-state index in [1.54, 1.807) is 0 Å². The highest BCUT2D eigenvalue weighted by Gasteiger charge is 2.23. The summed E-state index contributed by atoms with van der Waals surface area (Å²) in [6.45, 7) is 3.96. The van der Waals surface area contributed by atoms with Crippen LogP contribution >= 0.6 is 0 Å². The smallest absolute Gasteiger partial charge is 0.198 e. The fourth-order valence-corrected chi connectivity index (χ4v) is 1.13. The van der Waals surface area contributed by atoms with Crippen LogP contribution in [0.1, 0.15) is 20.8 Å². The number of halogens is 1. The van der Waals surface area contributed by atoms with Gasteiger partial charge in [-0.2, -0.15) is 0 Å². The molecule has 56 valence electrons. The van der Waals surface area contributed by atoms with Crippen molar-refractivity contribution in [3.63, 3.8) is 0 Å². The summed E-state index contributed by atoms with van der Waals surface area (Å²) in [6, 6.07) is 0.